The van der Waals surface area contributed by atoms with E-state index in [0.29, 0.717) is 16.7 Å². The molecule has 1 aromatic heterocycles. The van der Waals surface area contributed by atoms with Gasteiger partial charge in [-0.15, -0.1) is 0 Å². The number of H-pyrrole nitrogens is 1. The van der Waals surface area contributed by atoms with Gasteiger partial charge in [-0.05, 0) is 18.2 Å². The molecular formula is C14H16FNO6. The standard InChI is InChI=1S/C14H16FNO6/c15-6-1-2-7-8(3-6)16-4-9(7)21-14-13(20)12(19)11(18)10(5-17)22-14/h1-4,10-14,16-20H,5H2. The molecule has 7 nitrogen and oxygen atoms in total. The van der Waals surface area contributed by atoms with Gasteiger partial charge in [0.05, 0.1) is 12.1 Å². The lowest BCUT2D eigenvalue weighted by atomic mass is 9.99. The van der Waals surface area contributed by atoms with E-state index in [1.807, 2.05) is 0 Å². The van der Waals surface area contributed by atoms with Crippen LogP contribution in [0.5, 0.6) is 5.75 Å². The zero-order valence-electron chi connectivity index (χ0n) is 11.4. The first-order valence-corrected chi connectivity index (χ1v) is 6.75. The van der Waals surface area contributed by atoms with Crippen LogP contribution in [0.15, 0.2) is 24.4 Å². The van der Waals surface area contributed by atoms with E-state index in [0.717, 1.165) is 0 Å². The lowest BCUT2D eigenvalue weighted by molar-refractivity contribution is -0.277. The first-order valence-electron chi connectivity index (χ1n) is 6.75. The quantitative estimate of drug-likeness (QED) is 0.521. The van der Waals surface area contributed by atoms with Gasteiger partial charge >= 0.3 is 0 Å². The maximum Gasteiger partial charge on any atom is 0.229 e. The second kappa shape index (κ2) is 5.82. The Hall–Kier alpha value is -1.71. The maximum atomic E-state index is 13.1. The summed E-state index contributed by atoms with van der Waals surface area (Å²) in [5.41, 5.74) is 0.500. The van der Waals surface area contributed by atoms with Crippen molar-refractivity contribution >= 4 is 10.9 Å². The van der Waals surface area contributed by atoms with Crippen molar-refractivity contribution in [2.75, 3.05) is 6.61 Å². The van der Waals surface area contributed by atoms with Crippen molar-refractivity contribution in [3.05, 3.63) is 30.2 Å². The fraction of sp³-hybridized carbons (Fsp3) is 0.429. The third-order valence-electron chi connectivity index (χ3n) is 3.70. The van der Waals surface area contributed by atoms with Gasteiger partial charge in [0.2, 0.25) is 6.29 Å². The van der Waals surface area contributed by atoms with E-state index >= 15 is 0 Å². The maximum absolute atomic E-state index is 13.1. The molecule has 2 aromatic rings. The largest absolute Gasteiger partial charge is 0.460 e. The lowest BCUT2D eigenvalue weighted by Crippen LogP contribution is -2.60. The molecule has 22 heavy (non-hydrogen) atoms. The van der Waals surface area contributed by atoms with Crippen LogP contribution in [0, 0.1) is 5.82 Å². The predicted molar refractivity (Wildman–Crippen MR) is 72.7 cm³/mol. The topological polar surface area (TPSA) is 115 Å². The Morgan fingerprint density at radius 3 is 2.68 bits per heavy atom. The molecule has 1 aliphatic heterocycles. The minimum atomic E-state index is -1.52. The molecule has 0 bridgehead atoms. The summed E-state index contributed by atoms with van der Waals surface area (Å²) in [6.07, 6.45) is -5.32. The highest BCUT2D eigenvalue weighted by molar-refractivity contribution is 5.86. The van der Waals surface area contributed by atoms with Gasteiger partial charge in [0, 0.05) is 11.6 Å². The van der Waals surface area contributed by atoms with Crippen LogP contribution >= 0.6 is 0 Å². The number of hydrogen-bond acceptors (Lipinski definition) is 6. The number of aliphatic hydroxyl groups excluding tert-OH is 4. The Kier molecular flexibility index (Phi) is 4.02. The van der Waals surface area contributed by atoms with Crippen molar-refractivity contribution in [2.24, 2.45) is 0 Å². The zero-order valence-corrected chi connectivity index (χ0v) is 11.4. The molecule has 0 aliphatic carbocycles. The van der Waals surface area contributed by atoms with E-state index in [2.05, 4.69) is 4.98 Å². The molecule has 0 radical (unpaired) electrons. The molecule has 0 saturated carbocycles. The molecule has 1 fully saturated rings. The summed E-state index contributed by atoms with van der Waals surface area (Å²) in [6, 6.07) is 4.05. The molecule has 5 atom stereocenters. The van der Waals surface area contributed by atoms with Crippen LogP contribution in [0.1, 0.15) is 0 Å². The van der Waals surface area contributed by atoms with Gasteiger partial charge in [0.1, 0.15) is 36.0 Å². The summed E-state index contributed by atoms with van der Waals surface area (Å²) in [5, 5.41) is 39.0. The number of hydrogen-bond donors (Lipinski definition) is 5. The van der Waals surface area contributed by atoms with Crippen molar-refractivity contribution in [2.45, 2.75) is 30.7 Å². The molecule has 8 heteroatoms. The van der Waals surface area contributed by atoms with Crippen LogP contribution in [-0.4, -0.2) is 62.7 Å². The van der Waals surface area contributed by atoms with Gasteiger partial charge in [0.25, 0.3) is 0 Å². The van der Waals surface area contributed by atoms with Crippen LogP contribution < -0.4 is 4.74 Å². The number of halogens is 1. The Bertz CT molecular complexity index is 660. The monoisotopic (exact) mass is 313 g/mol. The third-order valence-corrected chi connectivity index (χ3v) is 3.70. The molecule has 2 heterocycles. The Balaban J connectivity index is 1.84. The minimum absolute atomic E-state index is 0.291. The summed E-state index contributed by atoms with van der Waals surface area (Å²) in [5.74, 6) is -0.118. The fourth-order valence-electron chi connectivity index (χ4n) is 2.46. The summed E-state index contributed by atoms with van der Waals surface area (Å²) >= 11 is 0. The molecule has 0 spiro atoms. The number of nitrogens with one attached hydrogen (secondary N) is 1. The van der Waals surface area contributed by atoms with E-state index in [9.17, 15) is 19.7 Å². The van der Waals surface area contributed by atoms with Gasteiger partial charge in [-0.2, -0.15) is 0 Å². The number of benzene rings is 1. The van der Waals surface area contributed by atoms with Crippen molar-refractivity contribution < 1.29 is 34.3 Å². The van der Waals surface area contributed by atoms with Crippen LogP contribution in [0.2, 0.25) is 0 Å². The van der Waals surface area contributed by atoms with Gasteiger partial charge in [0.15, 0.2) is 0 Å². The van der Waals surface area contributed by atoms with Gasteiger partial charge < -0.3 is 34.9 Å². The minimum Gasteiger partial charge on any atom is -0.460 e. The van der Waals surface area contributed by atoms with E-state index in [1.54, 1.807) is 0 Å². The highest BCUT2D eigenvalue weighted by Gasteiger charge is 2.44. The molecule has 5 N–H and O–H groups in total. The molecule has 1 aliphatic rings. The fourth-order valence-corrected chi connectivity index (χ4v) is 2.46. The van der Waals surface area contributed by atoms with E-state index in [1.165, 1.54) is 24.4 Å². The van der Waals surface area contributed by atoms with E-state index < -0.39 is 43.1 Å². The molecule has 1 aromatic carbocycles. The number of fused-ring (bicyclic) bond motifs is 1. The molecule has 1 saturated heterocycles. The smallest absolute Gasteiger partial charge is 0.229 e. The average molecular weight is 313 g/mol. The second-order valence-corrected chi connectivity index (χ2v) is 5.16. The summed E-state index contributed by atoms with van der Waals surface area (Å²) < 4.78 is 23.9. The number of aromatic amines is 1. The average Bonchev–Trinajstić information content (AvgIpc) is 2.90. The number of aliphatic hydroxyl groups is 4. The van der Waals surface area contributed by atoms with Crippen LogP contribution in [0.3, 0.4) is 0 Å². The highest BCUT2D eigenvalue weighted by atomic mass is 19.1. The van der Waals surface area contributed by atoms with Crippen molar-refractivity contribution in [3.63, 3.8) is 0 Å². The van der Waals surface area contributed by atoms with Crippen molar-refractivity contribution in [1.82, 2.24) is 4.98 Å². The van der Waals surface area contributed by atoms with Gasteiger partial charge in [-0.1, -0.05) is 0 Å². The molecule has 0 amide bonds. The summed E-state index contributed by atoms with van der Waals surface area (Å²) in [6.45, 7) is -0.538. The predicted octanol–water partition coefficient (Wildman–Crippen LogP) is -0.514. The molecule has 120 valence electrons. The Morgan fingerprint density at radius 1 is 1.18 bits per heavy atom. The second-order valence-electron chi connectivity index (χ2n) is 5.16. The first-order chi connectivity index (χ1) is 10.5. The van der Waals surface area contributed by atoms with Crippen LogP contribution in [-0.2, 0) is 4.74 Å². The Labute approximate surface area is 124 Å². The van der Waals surface area contributed by atoms with Gasteiger partial charge in [-0.25, -0.2) is 4.39 Å². The van der Waals surface area contributed by atoms with Gasteiger partial charge in [-0.3, -0.25) is 0 Å². The molecule has 5 unspecified atom stereocenters. The van der Waals surface area contributed by atoms with E-state index in [-0.39, 0.29) is 0 Å². The zero-order chi connectivity index (χ0) is 15.9. The molecule has 3 rings (SSSR count). The molecular weight excluding hydrogens is 297 g/mol. The van der Waals surface area contributed by atoms with Crippen molar-refractivity contribution in [1.29, 1.82) is 0 Å². The van der Waals surface area contributed by atoms with Crippen LogP contribution in [0.25, 0.3) is 10.9 Å². The third kappa shape index (κ3) is 2.55. The van der Waals surface area contributed by atoms with E-state index in [4.69, 9.17) is 14.6 Å². The lowest BCUT2D eigenvalue weighted by Gasteiger charge is -2.39. The number of aromatic nitrogens is 1. The normalized spacial score (nSPS) is 32.3. The van der Waals surface area contributed by atoms with Crippen molar-refractivity contribution in [3.8, 4) is 5.75 Å². The Morgan fingerprint density at radius 2 is 1.95 bits per heavy atom. The highest BCUT2D eigenvalue weighted by Crippen LogP contribution is 2.30. The SMILES string of the molecule is OCC1OC(Oc2c[nH]c3cc(F)ccc23)C(O)C(O)C1O. The number of ether oxygens (including phenoxy) is 2. The summed E-state index contributed by atoms with van der Waals surface area (Å²) in [7, 11) is 0. The summed E-state index contributed by atoms with van der Waals surface area (Å²) in [4.78, 5) is 2.82. The number of rotatable bonds is 3. The van der Waals surface area contributed by atoms with Crippen LogP contribution in [0.4, 0.5) is 4.39 Å². The first kappa shape index (κ1) is 15.2.